The lowest BCUT2D eigenvalue weighted by Gasteiger charge is -2.21. The molecule has 4 rings (SSSR count). The summed E-state index contributed by atoms with van der Waals surface area (Å²) in [5.74, 6) is 2.94. The summed E-state index contributed by atoms with van der Waals surface area (Å²) in [6.45, 7) is 2.53. The van der Waals surface area contributed by atoms with E-state index in [9.17, 15) is 4.79 Å². The first-order chi connectivity index (χ1) is 13.2. The summed E-state index contributed by atoms with van der Waals surface area (Å²) < 4.78 is 10.8. The van der Waals surface area contributed by atoms with Gasteiger partial charge in [-0.3, -0.25) is 9.79 Å². The van der Waals surface area contributed by atoms with E-state index in [1.165, 1.54) is 12.8 Å². The van der Waals surface area contributed by atoms with E-state index in [0.717, 1.165) is 55.4 Å². The Morgan fingerprint density at radius 1 is 1.22 bits per heavy atom. The Hall–Kier alpha value is -2.44. The first-order valence-corrected chi connectivity index (χ1v) is 9.87. The molecule has 1 saturated carbocycles. The number of ether oxygens (including phenoxy) is 2. The van der Waals surface area contributed by atoms with Crippen molar-refractivity contribution in [3.05, 3.63) is 23.8 Å². The summed E-state index contributed by atoms with van der Waals surface area (Å²) >= 11 is 0. The van der Waals surface area contributed by atoms with Crippen LogP contribution in [-0.2, 0) is 11.3 Å². The number of hydrogen-bond donors (Lipinski definition) is 2. The summed E-state index contributed by atoms with van der Waals surface area (Å²) in [4.78, 5) is 18.9. The fourth-order valence-corrected chi connectivity index (χ4v) is 4.13. The van der Waals surface area contributed by atoms with Gasteiger partial charge in [0, 0.05) is 38.6 Å². The Balaban J connectivity index is 1.26. The number of carbonyl (C=O) groups excluding carboxylic acids is 1. The predicted octanol–water partition coefficient (Wildman–Crippen LogP) is 1.87. The zero-order valence-electron chi connectivity index (χ0n) is 15.9. The lowest BCUT2D eigenvalue weighted by Crippen LogP contribution is -2.45. The van der Waals surface area contributed by atoms with Crippen LogP contribution in [0, 0.1) is 5.92 Å². The molecule has 0 aromatic heterocycles. The molecule has 27 heavy (non-hydrogen) atoms. The van der Waals surface area contributed by atoms with Gasteiger partial charge < -0.3 is 25.0 Å². The maximum Gasteiger partial charge on any atom is 0.231 e. The first kappa shape index (κ1) is 17.9. The Morgan fingerprint density at radius 3 is 2.85 bits per heavy atom. The van der Waals surface area contributed by atoms with Gasteiger partial charge in [-0.2, -0.15) is 0 Å². The number of aliphatic imine (C=N–C) groups is 1. The topological polar surface area (TPSA) is 75.2 Å². The van der Waals surface area contributed by atoms with Gasteiger partial charge in [0.2, 0.25) is 12.7 Å². The van der Waals surface area contributed by atoms with Crippen LogP contribution in [0.25, 0.3) is 0 Å². The van der Waals surface area contributed by atoms with Gasteiger partial charge in [0.25, 0.3) is 0 Å². The number of amides is 1. The maximum atomic E-state index is 12.6. The minimum atomic E-state index is 0.248. The molecule has 1 aliphatic carbocycles. The molecule has 2 heterocycles. The lowest BCUT2D eigenvalue weighted by atomic mass is 10.1. The number of benzene rings is 1. The molecule has 1 atom stereocenters. The van der Waals surface area contributed by atoms with Crippen molar-refractivity contribution in [2.75, 3.05) is 26.9 Å². The third-order valence-corrected chi connectivity index (χ3v) is 5.67. The van der Waals surface area contributed by atoms with Crippen LogP contribution in [0.3, 0.4) is 0 Å². The van der Waals surface area contributed by atoms with Gasteiger partial charge in [0.1, 0.15) is 0 Å². The highest BCUT2D eigenvalue weighted by molar-refractivity contribution is 5.81. The summed E-state index contributed by atoms with van der Waals surface area (Å²) in [7, 11) is 1.77. The molecule has 1 unspecified atom stereocenters. The number of fused-ring (bicyclic) bond motifs is 1. The second-order valence-corrected chi connectivity index (χ2v) is 7.51. The van der Waals surface area contributed by atoms with Crippen molar-refractivity contribution in [2.45, 2.75) is 44.7 Å². The standard InChI is InChI=1S/C20H28N4O3/c1-21-20(22-11-14-6-7-17-18(10-14)27-13-26-17)23-16-8-9-24(12-16)19(25)15-4-2-3-5-15/h6-7,10,15-16H,2-5,8-9,11-13H2,1H3,(H2,21,22,23). The van der Waals surface area contributed by atoms with Crippen molar-refractivity contribution >= 4 is 11.9 Å². The molecule has 2 fully saturated rings. The van der Waals surface area contributed by atoms with E-state index in [0.29, 0.717) is 12.5 Å². The van der Waals surface area contributed by atoms with Gasteiger partial charge in [-0.05, 0) is 37.0 Å². The minimum Gasteiger partial charge on any atom is -0.454 e. The minimum absolute atomic E-state index is 0.248. The Bertz CT molecular complexity index is 715. The highest BCUT2D eigenvalue weighted by atomic mass is 16.7. The van der Waals surface area contributed by atoms with Crippen LogP contribution in [0.5, 0.6) is 11.5 Å². The Morgan fingerprint density at radius 2 is 2.04 bits per heavy atom. The number of guanidine groups is 1. The lowest BCUT2D eigenvalue weighted by molar-refractivity contribution is -0.134. The van der Waals surface area contributed by atoms with Gasteiger partial charge >= 0.3 is 0 Å². The van der Waals surface area contributed by atoms with Crippen molar-refractivity contribution in [1.82, 2.24) is 15.5 Å². The smallest absolute Gasteiger partial charge is 0.231 e. The largest absolute Gasteiger partial charge is 0.454 e. The maximum absolute atomic E-state index is 12.6. The number of rotatable bonds is 4. The molecule has 1 saturated heterocycles. The van der Waals surface area contributed by atoms with Crippen LogP contribution in [-0.4, -0.2) is 49.7 Å². The molecule has 2 N–H and O–H groups in total. The van der Waals surface area contributed by atoms with E-state index in [-0.39, 0.29) is 18.8 Å². The fourth-order valence-electron chi connectivity index (χ4n) is 4.13. The van der Waals surface area contributed by atoms with Crippen molar-refractivity contribution in [1.29, 1.82) is 0 Å². The van der Waals surface area contributed by atoms with Gasteiger partial charge in [0.05, 0.1) is 0 Å². The Labute approximate surface area is 160 Å². The van der Waals surface area contributed by atoms with Gasteiger partial charge in [-0.25, -0.2) is 0 Å². The number of carbonyl (C=O) groups is 1. The normalized spacial score (nSPS) is 22.3. The number of hydrogen-bond acceptors (Lipinski definition) is 4. The van der Waals surface area contributed by atoms with E-state index in [1.807, 2.05) is 23.1 Å². The van der Waals surface area contributed by atoms with Crippen molar-refractivity contribution in [3.8, 4) is 11.5 Å². The number of likely N-dealkylation sites (tertiary alicyclic amines) is 1. The van der Waals surface area contributed by atoms with E-state index >= 15 is 0 Å². The zero-order chi connectivity index (χ0) is 18.6. The number of nitrogens with zero attached hydrogens (tertiary/aromatic N) is 2. The monoisotopic (exact) mass is 372 g/mol. The molecule has 1 aromatic rings. The van der Waals surface area contributed by atoms with E-state index in [2.05, 4.69) is 15.6 Å². The molecule has 7 nitrogen and oxygen atoms in total. The second-order valence-electron chi connectivity index (χ2n) is 7.51. The van der Waals surface area contributed by atoms with Gasteiger partial charge in [-0.15, -0.1) is 0 Å². The van der Waals surface area contributed by atoms with Gasteiger partial charge in [-0.1, -0.05) is 18.9 Å². The fraction of sp³-hybridized carbons (Fsp3) is 0.600. The predicted molar refractivity (Wildman–Crippen MR) is 103 cm³/mol. The van der Waals surface area contributed by atoms with Crippen LogP contribution in [0.1, 0.15) is 37.7 Å². The molecule has 0 radical (unpaired) electrons. The Kier molecular flexibility index (Phi) is 5.36. The zero-order valence-corrected chi connectivity index (χ0v) is 15.9. The summed E-state index contributed by atoms with van der Waals surface area (Å²) in [5.41, 5.74) is 1.10. The van der Waals surface area contributed by atoms with Crippen molar-refractivity contribution in [3.63, 3.8) is 0 Å². The van der Waals surface area contributed by atoms with E-state index in [1.54, 1.807) is 7.05 Å². The third-order valence-electron chi connectivity index (χ3n) is 5.67. The average molecular weight is 372 g/mol. The molecule has 0 spiro atoms. The molecule has 3 aliphatic rings. The van der Waals surface area contributed by atoms with E-state index < -0.39 is 0 Å². The van der Waals surface area contributed by atoms with Crippen LogP contribution in [0.15, 0.2) is 23.2 Å². The molecule has 2 aliphatic heterocycles. The van der Waals surface area contributed by atoms with Crippen molar-refractivity contribution < 1.29 is 14.3 Å². The van der Waals surface area contributed by atoms with Crippen LogP contribution < -0.4 is 20.1 Å². The molecule has 1 amide bonds. The highest BCUT2D eigenvalue weighted by Gasteiger charge is 2.32. The first-order valence-electron chi connectivity index (χ1n) is 9.87. The third kappa shape index (κ3) is 4.12. The molecular formula is C20H28N4O3. The van der Waals surface area contributed by atoms with Crippen LogP contribution in [0.2, 0.25) is 0 Å². The van der Waals surface area contributed by atoms with Crippen LogP contribution in [0.4, 0.5) is 0 Å². The average Bonchev–Trinajstić information content (AvgIpc) is 3.45. The summed E-state index contributed by atoms with van der Waals surface area (Å²) in [5, 5.41) is 6.79. The van der Waals surface area contributed by atoms with Crippen LogP contribution >= 0.6 is 0 Å². The molecule has 0 bridgehead atoms. The quantitative estimate of drug-likeness (QED) is 0.623. The second kappa shape index (κ2) is 8.06. The molecule has 7 heteroatoms. The molecule has 146 valence electrons. The summed E-state index contributed by atoms with van der Waals surface area (Å²) in [6.07, 6.45) is 5.48. The van der Waals surface area contributed by atoms with Crippen molar-refractivity contribution in [2.24, 2.45) is 10.9 Å². The number of nitrogens with one attached hydrogen (secondary N) is 2. The van der Waals surface area contributed by atoms with Gasteiger partial charge in [0.15, 0.2) is 17.5 Å². The van der Waals surface area contributed by atoms with E-state index in [4.69, 9.17) is 9.47 Å². The highest BCUT2D eigenvalue weighted by Crippen LogP contribution is 2.32. The molecular weight excluding hydrogens is 344 g/mol. The molecule has 1 aromatic carbocycles. The summed E-state index contributed by atoms with van der Waals surface area (Å²) in [6, 6.07) is 6.18. The SMILES string of the molecule is CN=C(NCc1ccc2c(c1)OCO2)NC1CCN(C(=O)C2CCCC2)C1.